The topological polar surface area (TPSA) is 0 Å². The quantitative estimate of drug-likeness (QED) is 0.311. The summed E-state index contributed by atoms with van der Waals surface area (Å²) in [6, 6.07) is 33.1. The fourth-order valence-electron chi connectivity index (χ4n) is 5.25. The van der Waals surface area contributed by atoms with E-state index in [2.05, 4.69) is 111 Å². The summed E-state index contributed by atoms with van der Waals surface area (Å²) in [4.78, 5) is 0. The molecular formula is C29H24. The Kier molecular flexibility index (Phi) is 4.03. The molecule has 0 spiro atoms. The van der Waals surface area contributed by atoms with Crippen LogP contribution in [0.5, 0.6) is 0 Å². The van der Waals surface area contributed by atoms with Crippen LogP contribution in [0.4, 0.5) is 0 Å². The molecule has 1 aliphatic carbocycles. The summed E-state index contributed by atoms with van der Waals surface area (Å²) in [5.41, 5.74) is 11.5. The van der Waals surface area contributed by atoms with Gasteiger partial charge in [-0.05, 0) is 63.9 Å². The van der Waals surface area contributed by atoms with E-state index < -0.39 is 0 Å². The Morgan fingerprint density at radius 2 is 1.10 bits per heavy atom. The first-order chi connectivity index (χ1) is 14.2. The zero-order chi connectivity index (χ0) is 20.0. The molecule has 0 bridgehead atoms. The highest BCUT2D eigenvalue weighted by atomic mass is 14.5. The van der Waals surface area contributed by atoms with Gasteiger partial charge in [-0.25, -0.2) is 0 Å². The molecular weight excluding hydrogens is 348 g/mol. The lowest BCUT2D eigenvalue weighted by atomic mass is 9.64. The second-order valence-electron chi connectivity index (χ2n) is 7.90. The highest BCUT2D eigenvalue weighted by Gasteiger charge is 2.48. The van der Waals surface area contributed by atoms with Crippen LogP contribution in [0.15, 0.2) is 97.6 Å². The fourth-order valence-corrected chi connectivity index (χ4v) is 5.25. The summed E-state index contributed by atoms with van der Waals surface area (Å²) < 4.78 is 0. The molecule has 0 atom stereocenters. The first kappa shape index (κ1) is 17.7. The SMILES string of the molecule is C=Cc1cccc2c1C(c1ccccc1C)(c1ccccc1C)c1ccccc1-2. The van der Waals surface area contributed by atoms with E-state index in [1.54, 1.807) is 0 Å². The van der Waals surface area contributed by atoms with Crippen molar-refractivity contribution in [3.63, 3.8) is 0 Å². The largest absolute Gasteiger partial charge is 0.0985 e. The van der Waals surface area contributed by atoms with Crippen molar-refractivity contribution >= 4 is 6.08 Å². The van der Waals surface area contributed by atoms with Crippen molar-refractivity contribution in [2.24, 2.45) is 0 Å². The van der Waals surface area contributed by atoms with Crippen molar-refractivity contribution in [2.45, 2.75) is 19.3 Å². The number of fused-ring (bicyclic) bond motifs is 3. The number of hydrogen-bond donors (Lipinski definition) is 0. The van der Waals surface area contributed by atoms with E-state index in [9.17, 15) is 0 Å². The second kappa shape index (κ2) is 6.60. The highest BCUT2D eigenvalue weighted by Crippen LogP contribution is 2.58. The Hall–Kier alpha value is -3.38. The number of hydrogen-bond acceptors (Lipinski definition) is 0. The van der Waals surface area contributed by atoms with Crippen LogP contribution >= 0.6 is 0 Å². The third-order valence-corrected chi connectivity index (χ3v) is 6.41. The molecule has 0 amide bonds. The lowest BCUT2D eigenvalue weighted by Gasteiger charge is -2.37. The van der Waals surface area contributed by atoms with E-state index in [4.69, 9.17) is 0 Å². The minimum absolute atomic E-state index is 0.354. The first-order valence-corrected chi connectivity index (χ1v) is 10.2. The third kappa shape index (κ3) is 2.32. The number of aryl methyl sites for hydroxylation is 2. The monoisotopic (exact) mass is 372 g/mol. The fraction of sp³-hybridized carbons (Fsp3) is 0.103. The second-order valence-corrected chi connectivity index (χ2v) is 7.90. The Morgan fingerprint density at radius 3 is 1.69 bits per heavy atom. The summed E-state index contributed by atoms with van der Waals surface area (Å²) in [5, 5.41) is 0. The van der Waals surface area contributed by atoms with Gasteiger partial charge in [0.25, 0.3) is 0 Å². The van der Waals surface area contributed by atoms with Gasteiger partial charge in [-0.15, -0.1) is 0 Å². The van der Waals surface area contributed by atoms with Crippen molar-refractivity contribution in [2.75, 3.05) is 0 Å². The molecule has 0 fully saturated rings. The van der Waals surface area contributed by atoms with Gasteiger partial charge in [-0.3, -0.25) is 0 Å². The molecule has 0 N–H and O–H groups in total. The average Bonchev–Trinajstić information content (AvgIpc) is 3.06. The lowest BCUT2D eigenvalue weighted by Crippen LogP contribution is -2.31. The Balaban J connectivity index is 2.07. The molecule has 0 heteroatoms. The van der Waals surface area contributed by atoms with Crippen molar-refractivity contribution in [1.29, 1.82) is 0 Å². The molecule has 0 nitrogen and oxygen atoms in total. The van der Waals surface area contributed by atoms with Gasteiger partial charge in [0.1, 0.15) is 0 Å². The molecule has 0 aliphatic heterocycles. The summed E-state index contributed by atoms with van der Waals surface area (Å²) in [7, 11) is 0. The molecule has 0 saturated carbocycles. The molecule has 1 aliphatic rings. The van der Waals surface area contributed by atoms with E-state index in [1.807, 2.05) is 6.08 Å². The van der Waals surface area contributed by atoms with Crippen LogP contribution in [0.2, 0.25) is 0 Å². The van der Waals surface area contributed by atoms with Crippen LogP contribution in [-0.4, -0.2) is 0 Å². The van der Waals surface area contributed by atoms with Gasteiger partial charge in [-0.2, -0.15) is 0 Å². The van der Waals surface area contributed by atoms with Crippen LogP contribution in [0.1, 0.15) is 38.9 Å². The van der Waals surface area contributed by atoms with Crippen molar-refractivity contribution in [3.05, 3.63) is 137 Å². The van der Waals surface area contributed by atoms with Gasteiger partial charge in [0.15, 0.2) is 0 Å². The highest BCUT2D eigenvalue weighted by molar-refractivity contribution is 5.89. The predicted molar refractivity (Wildman–Crippen MR) is 123 cm³/mol. The zero-order valence-corrected chi connectivity index (χ0v) is 16.9. The summed E-state index contributed by atoms with van der Waals surface area (Å²) >= 11 is 0. The molecule has 0 heterocycles. The molecule has 0 saturated heterocycles. The number of benzene rings is 4. The van der Waals surface area contributed by atoms with Crippen molar-refractivity contribution < 1.29 is 0 Å². The molecule has 29 heavy (non-hydrogen) atoms. The summed E-state index contributed by atoms with van der Waals surface area (Å²) in [6.45, 7) is 8.63. The van der Waals surface area contributed by atoms with Gasteiger partial charge in [0, 0.05) is 0 Å². The van der Waals surface area contributed by atoms with Crippen LogP contribution in [0.3, 0.4) is 0 Å². The van der Waals surface area contributed by atoms with E-state index in [0.29, 0.717) is 0 Å². The summed E-state index contributed by atoms with van der Waals surface area (Å²) in [5.74, 6) is 0. The van der Waals surface area contributed by atoms with E-state index in [0.717, 1.165) is 0 Å². The third-order valence-electron chi connectivity index (χ3n) is 6.41. The predicted octanol–water partition coefficient (Wildman–Crippen LogP) is 7.31. The van der Waals surface area contributed by atoms with Gasteiger partial charge in [0.05, 0.1) is 5.41 Å². The van der Waals surface area contributed by atoms with Gasteiger partial charge < -0.3 is 0 Å². The molecule has 5 rings (SSSR count). The molecule has 4 aromatic rings. The van der Waals surface area contributed by atoms with Crippen LogP contribution in [-0.2, 0) is 5.41 Å². The average molecular weight is 373 g/mol. The van der Waals surface area contributed by atoms with Crippen molar-refractivity contribution in [3.8, 4) is 11.1 Å². The normalized spacial score (nSPS) is 13.6. The molecule has 4 aromatic carbocycles. The maximum atomic E-state index is 4.17. The minimum Gasteiger partial charge on any atom is -0.0985 e. The van der Waals surface area contributed by atoms with Gasteiger partial charge >= 0.3 is 0 Å². The molecule has 0 unspecified atom stereocenters. The first-order valence-electron chi connectivity index (χ1n) is 10.2. The maximum Gasteiger partial charge on any atom is 0.0724 e. The van der Waals surface area contributed by atoms with E-state index >= 15 is 0 Å². The Bertz CT molecular complexity index is 1200. The van der Waals surface area contributed by atoms with Crippen LogP contribution in [0, 0.1) is 13.8 Å². The standard InChI is InChI=1S/C29H24/c1-4-22-14-11-16-24-23-15-7-10-19-27(23)29(28(22)24,25-17-8-5-12-20(25)2)26-18-9-6-13-21(26)3/h4-19H,1H2,2-3H3. The molecule has 140 valence electrons. The van der Waals surface area contributed by atoms with Gasteiger partial charge in [-0.1, -0.05) is 104 Å². The molecule has 0 aromatic heterocycles. The van der Waals surface area contributed by atoms with Gasteiger partial charge in [0.2, 0.25) is 0 Å². The number of rotatable bonds is 3. The van der Waals surface area contributed by atoms with Crippen LogP contribution < -0.4 is 0 Å². The molecule has 0 radical (unpaired) electrons. The zero-order valence-electron chi connectivity index (χ0n) is 16.9. The van der Waals surface area contributed by atoms with Crippen LogP contribution in [0.25, 0.3) is 17.2 Å². The van der Waals surface area contributed by atoms with E-state index in [-0.39, 0.29) is 5.41 Å². The van der Waals surface area contributed by atoms with Crippen molar-refractivity contribution in [1.82, 2.24) is 0 Å². The lowest BCUT2D eigenvalue weighted by molar-refractivity contribution is 0.752. The minimum atomic E-state index is -0.354. The Labute approximate surface area is 173 Å². The maximum absolute atomic E-state index is 4.17. The summed E-state index contributed by atoms with van der Waals surface area (Å²) in [6.07, 6.45) is 2.01. The van der Waals surface area contributed by atoms with E-state index in [1.165, 1.54) is 50.1 Å². The Morgan fingerprint density at radius 1 is 0.586 bits per heavy atom. The smallest absolute Gasteiger partial charge is 0.0724 e.